The van der Waals surface area contributed by atoms with Crippen LogP contribution in [0.25, 0.3) is 0 Å². The number of hydrogen-bond donors (Lipinski definition) is 0. The molecule has 0 aliphatic carbocycles. The Balaban J connectivity index is 2.16. The van der Waals surface area contributed by atoms with Gasteiger partial charge in [0.05, 0.1) is 11.3 Å². The molecule has 2 heterocycles. The molecule has 124 valence electrons. The molecule has 0 bridgehead atoms. The summed E-state index contributed by atoms with van der Waals surface area (Å²) >= 11 is 1.54. The van der Waals surface area contributed by atoms with Gasteiger partial charge in [-0.3, -0.25) is 4.79 Å². The average Bonchev–Trinajstić information content (AvgIpc) is 2.83. The summed E-state index contributed by atoms with van der Waals surface area (Å²) < 4.78 is 5.18. The summed E-state index contributed by atoms with van der Waals surface area (Å²) in [5.41, 5.74) is 2.60. The van der Waals surface area contributed by atoms with Crippen molar-refractivity contribution in [3.05, 3.63) is 40.9 Å². The van der Waals surface area contributed by atoms with E-state index in [1.54, 1.807) is 17.2 Å². The van der Waals surface area contributed by atoms with Gasteiger partial charge in [-0.15, -0.1) is 11.8 Å². The van der Waals surface area contributed by atoms with Crippen molar-refractivity contribution in [3.8, 4) is 0 Å². The van der Waals surface area contributed by atoms with Crippen LogP contribution in [0.15, 0.2) is 27.9 Å². The van der Waals surface area contributed by atoms with Crippen LogP contribution in [-0.4, -0.2) is 34.5 Å². The maximum Gasteiger partial charge on any atom is 0.256 e. The number of aromatic nitrogens is 2. The van der Waals surface area contributed by atoms with E-state index in [9.17, 15) is 4.79 Å². The lowest BCUT2D eigenvalue weighted by Crippen LogP contribution is -2.30. The van der Waals surface area contributed by atoms with E-state index in [4.69, 9.17) is 4.52 Å². The van der Waals surface area contributed by atoms with Crippen LogP contribution in [-0.2, 0) is 5.75 Å². The fourth-order valence-corrected chi connectivity index (χ4v) is 3.49. The quantitative estimate of drug-likeness (QED) is 0.754. The molecule has 1 amide bonds. The van der Waals surface area contributed by atoms with Crippen LogP contribution < -0.4 is 0 Å². The Morgan fingerprint density at radius 2 is 2.13 bits per heavy atom. The predicted molar refractivity (Wildman–Crippen MR) is 91.6 cm³/mol. The second kappa shape index (κ2) is 7.64. The van der Waals surface area contributed by atoms with Crippen LogP contribution in [0.1, 0.15) is 41.2 Å². The zero-order valence-electron chi connectivity index (χ0n) is 14.3. The summed E-state index contributed by atoms with van der Waals surface area (Å²) in [5.74, 6) is 1.94. The minimum Gasteiger partial charge on any atom is -0.361 e. The fraction of sp³-hybridized carbons (Fsp3) is 0.471. The first kappa shape index (κ1) is 17.5. The van der Waals surface area contributed by atoms with Crippen LogP contribution in [0, 0.1) is 19.8 Å². The number of aryl methyl sites for hydroxylation is 2. The van der Waals surface area contributed by atoms with Gasteiger partial charge in [0.15, 0.2) is 0 Å². The minimum absolute atomic E-state index is 0.00747. The predicted octanol–water partition coefficient (Wildman–Crippen LogP) is 3.71. The van der Waals surface area contributed by atoms with Gasteiger partial charge < -0.3 is 9.42 Å². The van der Waals surface area contributed by atoms with E-state index in [-0.39, 0.29) is 5.91 Å². The van der Waals surface area contributed by atoms with E-state index in [0.717, 1.165) is 28.6 Å². The van der Waals surface area contributed by atoms with Crippen LogP contribution in [0.2, 0.25) is 0 Å². The number of amides is 1. The summed E-state index contributed by atoms with van der Waals surface area (Å²) in [6.07, 6.45) is 1.72. The van der Waals surface area contributed by atoms with Gasteiger partial charge in [-0.1, -0.05) is 19.0 Å². The maximum atomic E-state index is 12.6. The highest BCUT2D eigenvalue weighted by molar-refractivity contribution is 7.98. The van der Waals surface area contributed by atoms with Crippen molar-refractivity contribution in [1.82, 2.24) is 15.0 Å². The molecule has 0 aliphatic rings. The SMILES string of the molecule is Cc1noc(C)c1CSc1ncccc1C(=O)N(C)CC(C)C. The molecule has 6 heteroatoms. The fourth-order valence-electron chi connectivity index (χ4n) is 2.35. The van der Waals surface area contributed by atoms with E-state index < -0.39 is 0 Å². The third-order valence-corrected chi connectivity index (χ3v) is 4.55. The summed E-state index contributed by atoms with van der Waals surface area (Å²) in [7, 11) is 1.83. The molecule has 2 rings (SSSR count). The van der Waals surface area contributed by atoms with Crippen LogP contribution >= 0.6 is 11.8 Å². The molecular formula is C17H23N3O2S. The maximum absolute atomic E-state index is 12.6. The second-order valence-electron chi connectivity index (χ2n) is 6.03. The van der Waals surface area contributed by atoms with Crippen molar-refractivity contribution in [3.63, 3.8) is 0 Å². The number of carbonyl (C=O) groups excluding carboxylic acids is 1. The molecule has 0 N–H and O–H groups in total. The highest BCUT2D eigenvalue weighted by Crippen LogP contribution is 2.27. The van der Waals surface area contributed by atoms with E-state index in [0.29, 0.717) is 17.2 Å². The van der Waals surface area contributed by atoms with Gasteiger partial charge in [-0.05, 0) is 31.9 Å². The lowest BCUT2D eigenvalue weighted by atomic mass is 10.2. The number of pyridine rings is 1. The van der Waals surface area contributed by atoms with Crippen molar-refractivity contribution in [1.29, 1.82) is 0 Å². The van der Waals surface area contributed by atoms with Crippen molar-refractivity contribution in [2.75, 3.05) is 13.6 Å². The highest BCUT2D eigenvalue weighted by atomic mass is 32.2. The molecule has 0 radical (unpaired) electrons. The molecule has 0 aromatic carbocycles. The normalized spacial score (nSPS) is 11.0. The molecule has 0 unspecified atom stereocenters. The summed E-state index contributed by atoms with van der Waals surface area (Å²) in [6, 6.07) is 3.64. The van der Waals surface area contributed by atoms with Gasteiger partial charge in [0, 0.05) is 31.1 Å². The Morgan fingerprint density at radius 3 is 2.74 bits per heavy atom. The van der Waals surface area contributed by atoms with Crippen LogP contribution in [0.5, 0.6) is 0 Å². The first-order valence-corrected chi connectivity index (χ1v) is 8.63. The number of hydrogen-bond acceptors (Lipinski definition) is 5. The topological polar surface area (TPSA) is 59.2 Å². The Kier molecular flexibility index (Phi) is 5.82. The number of nitrogens with zero attached hydrogens (tertiary/aromatic N) is 3. The molecule has 0 fully saturated rings. The molecule has 2 aromatic rings. The third-order valence-electron chi connectivity index (χ3n) is 3.52. The second-order valence-corrected chi connectivity index (χ2v) is 6.99. The van der Waals surface area contributed by atoms with Crippen LogP contribution in [0.3, 0.4) is 0 Å². The van der Waals surface area contributed by atoms with E-state index in [1.807, 2.05) is 27.0 Å². The first-order valence-electron chi connectivity index (χ1n) is 7.65. The van der Waals surface area contributed by atoms with E-state index in [1.165, 1.54) is 11.8 Å². The molecular weight excluding hydrogens is 310 g/mol. The van der Waals surface area contributed by atoms with Crippen molar-refractivity contribution in [2.24, 2.45) is 5.92 Å². The lowest BCUT2D eigenvalue weighted by molar-refractivity contribution is 0.0775. The molecule has 5 nitrogen and oxygen atoms in total. The van der Waals surface area contributed by atoms with Crippen molar-refractivity contribution < 1.29 is 9.32 Å². The van der Waals surface area contributed by atoms with Gasteiger partial charge in [0.25, 0.3) is 5.91 Å². The number of carbonyl (C=O) groups is 1. The summed E-state index contributed by atoms with van der Waals surface area (Å²) in [6.45, 7) is 8.74. The first-order chi connectivity index (χ1) is 10.9. The van der Waals surface area contributed by atoms with E-state index in [2.05, 4.69) is 24.0 Å². The summed E-state index contributed by atoms with van der Waals surface area (Å²) in [5, 5.41) is 4.71. The Labute approximate surface area is 141 Å². The average molecular weight is 333 g/mol. The molecule has 0 aliphatic heterocycles. The number of thioether (sulfide) groups is 1. The Hall–Kier alpha value is -1.82. The number of rotatable bonds is 6. The molecule has 23 heavy (non-hydrogen) atoms. The Bertz CT molecular complexity index is 663. The third kappa shape index (κ3) is 4.34. The van der Waals surface area contributed by atoms with Crippen molar-refractivity contribution >= 4 is 17.7 Å². The summed E-state index contributed by atoms with van der Waals surface area (Å²) in [4.78, 5) is 18.8. The van der Waals surface area contributed by atoms with Gasteiger partial charge in [0.2, 0.25) is 0 Å². The molecule has 0 saturated carbocycles. The van der Waals surface area contributed by atoms with Crippen molar-refractivity contribution in [2.45, 2.75) is 38.5 Å². The van der Waals surface area contributed by atoms with E-state index >= 15 is 0 Å². The Morgan fingerprint density at radius 1 is 1.39 bits per heavy atom. The smallest absolute Gasteiger partial charge is 0.256 e. The largest absolute Gasteiger partial charge is 0.361 e. The molecule has 0 saturated heterocycles. The van der Waals surface area contributed by atoms with Gasteiger partial charge in [-0.25, -0.2) is 4.98 Å². The monoisotopic (exact) mass is 333 g/mol. The zero-order chi connectivity index (χ0) is 17.0. The van der Waals surface area contributed by atoms with Gasteiger partial charge >= 0.3 is 0 Å². The van der Waals surface area contributed by atoms with Gasteiger partial charge in [0.1, 0.15) is 10.8 Å². The molecule has 0 atom stereocenters. The molecule has 2 aromatic heterocycles. The van der Waals surface area contributed by atoms with Crippen LogP contribution in [0.4, 0.5) is 0 Å². The van der Waals surface area contributed by atoms with Gasteiger partial charge in [-0.2, -0.15) is 0 Å². The molecule has 0 spiro atoms. The lowest BCUT2D eigenvalue weighted by Gasteiger charge is -2.20. The standard InChI is InChI=1S/C17H23N3O2S/c1-11(2)9-20(5)17(21)14-7-6-8-18-16(14)23-10-15-12(3)19-22-13(15)4/h6-8,11H,9-10H2,1-5H3. The minimum atomic E-state index is 0.00747. The zero-order valence-corrected chi connectivity index (χ0v) is 15.1. The highest BCUT2D eigenvalue weighted by Gasteiger charge is 2.18.